The fraction of sp³-hybridized carbons (Fsp3) is 0.833. The summed E-state index contributed by atoms with van der Waals surface area (Å²) in [5.41, 5.74) is 6.08. The lowest BCUT2D eigenvalue weighted by atomic mass is 9.78. The van der Waals surface area contributed by atoms with Crippen molar-refractivity contribution in [1.29, 1.82) is 0 Å². The van der Waals surface area contributed by atoms with E-state index < -0.39 is 17.9 Å². The average Bonchev–Trinajstić information content (AvgIpc) is 3.36. The number of carboxylic acids is 2. The van der Waals surface area contributed by atoms with Gasteiger partial charge in [0.25, 0.3) is 0 Å². The highest BCUT2D eigenvalue weighted by atomic mass is 16.5. The molecular formula is C54H98N6O13. The van der Waals surface area contributed by atoms with Gasteiger partial charge in [0.2, 0.25) is 23.6 Å². The number of hydrogen-bond acceptors (Lipinski definition) is 13. The van der Waals surface area contributed by atoms with Gasteiger partial charge in [0, 0.05) is 63.5 Å². The van der Waals surface area contributed by atoms with Crippen LogP contribution in [0.4, 0.5) is 0 Å². The quantitative estimate of drug-likeness (QED) is 0.0320. The average molecular weight is 1040 g/mol. The molecule has 0 spiro atoms. The number of carboxylic acid groups (broad SMARTS) is 2. The molecule has 0 aliphatic heterocycles. The molecule has 0 aromatic rings. The van der Waals surface area contributed by atoms with Crippen LogP contribution in [0.2, 0.25) is 0 Å². The summed E-state index contributed by atoms with van der Waals surface area (Å²) in [7, 11) is 1.72. The Bertz CT molecular complexity index is 1510. The van der Waals surface area contributed by atoms with Crippen molar-refractivity contribution in [2.24, 2.45) is 23.5 Å². The Morgan fingerprint density at radius 3 is 1.55 bits per heavy atom. The minimum atomic E-state index is -1.09. The van der Waals surface area contributed by atoms with E-state index in [4.69, 9.17) is 29.8 Å². The van der Waals surface area contributed by atoms with E-state index in [9.17, 15) is 38.7 Å². The molecule has 1 rings (SSSR count). The predicted octanol–water partition coefficient (Wildman–Crippen LogP) is 6.10. The van der Waals surface area contributed by atoms with Gasteiger partial charge in [-0.25, -0.2) is 0 Å². The molecular weight excluding hydrogens is 941 g/mol. The molecule has 0 unspecified atom stereocenters. The molecule has 1 aliphatic rings. The number of carbonyl (C=O) groups is 7. The lowest BCUT2D eigenvalue weighted by molar-refractivity contribution is -0.145. The Balaban J connectivity index is 1.97. The number of nitrogens with two attached hydrogens (primary N) is 1. The maximum atomic E-state index is 13.1. The minimum absolute atomic E-state index is 0.0206. The van der Waals surface area contributed by atoms with Crippen molar-refractivity contribution in [2.45, 2.75) is 186 Å². The first-order valence-corrected chi connectivity index (χ1v) is 27.8. The maximum absolute atomic E-state index is 13.1. The largest absolute Gasteiger partial charge is 0.481 e. The van der Waals surface area contributed by atoms with Gasteiger partial charge in [-0.05, 0) is 77.2 Å². The summed E-state index contributed by atoms with van der Waals surface area (Å²) < 4.78 is 21.8. The molecule has 2 atom stereocenters. The number of ether oxygens (including phenoxy) is 4. The third-order valence-electron chi connectivity index (χ3n) is 13.3. The first-order chi connectivity index (χ1) is 35.3. The Morgan fingerprint density at radius 1 is 0.534 bits per heavy atom. The van der Waals surface area contributed by atoms with Crippen molar-refractivity contribution in [3.05, 3.63) is 12.3 Å². The predicted molar refractivity (Wildman–Crippen MR) is 282 cm³/mol. The van der Waals surface area contributed by atoms with E-state index in [2.05, 4.69) is 33.2 Å². The van der Waals surface area contributed by atoms with Gasteiger partial charge in [-0.3, -0.25) is 33.6 Å². The van der Waals surface area contributed by atoms with E-state index in [-0.39, 0.29) is 93.6 Å². The molecule has 0 aromatic carbocycles. The second-order valence-electron chi connectivity index (χ2n) is 19.6. The highest BCUT2D eigenvalue weighted by Crippen LogP contribution is 2.31. The highest BCUT2D eigenvalue weighted by Gasteiger charge is 2.30. The van der Waals surface area contributed by atoms with Crippen molar-refractivity contribution >= 4 is 41.4 Å². The molecule has 1 fully saturated rings. The third-order valence-corrected chi connectivity index (χ3v) is 13.3. The summed E-state index contributed by atoms with van der Waals surface area (Å²) in [5.74, 6) is -3.54. The van der Waals surface area contributed by atoms with E-state index in [1.807, 2.05) is 0 Å². The van der Waals surface area contributed by atoms with E-state index in [1.54, 1.807) is 7.05 Å². The number of unbranched alkanes of at least 4 members (excludes halogenated alkanes) is 16. The molecule has 73 heavy (non-hydrogen) atoms. The van der Waals surface area contributed by atoms with Gasteiger partial charge in [-0.2, -0.15) is 0 Å². The number of likely N-dealkylation sites (N-methyl/N-ethyl adjacent to an activating group) is 1. The van der Waals surface area contributed by atoms with Gasteiger partial charge in [-0.15, -0.1) is 0 Å². The van der Waals surface area contributed by atoms with Crippen molar-refractivity contribution in [3.63, 3.8) is 0 Å². The molecule has 19 heteroatoms. The van der Waals surface area contributed by atoms with E-state index in [0.29, 0.717) is 77.5 Å². The fourth-order valence-electron chi connectivity index (χ4n) is 8.78. The number of primary amides is 1. The molecule has 0 saturated heterocycles. The Kier molecular flexibility index (Phi) is 42.5. The summed E-state index contributed by atoms with van der Waals surface area (Å²) >= 11 is 0. The molecule has 1 saturated carbocycles. The third kappa shape index (κ3) is 40.8. The first kappa shape index (κ1) is 66.8. The van der Waals surface area contributed by atoms with Gasteiger partial charge < -0.3 is 61.5 Å². The Hall–Kier alpha value is -4.17. The number of amides is 4. The number of nitrogens with one attached hydrogen (secondary N) is 5. The van der Waals surface area contributed by atoms with E-state index in [1.165, 1.54) is 64.2 Å². The summed E-state index contributed by atoms with van der Waals surface area (Å²) in [6.45, 7) is 7.67. The van der Waals surface area contributed by atoms with Crippen LogP contribution in [0.25, 0.3) is 0 Å². The minimum Gasteiger partial charge on any atom is -0.481 e. The van der Waals surface area contributed by atoms with E-state index in [0.717, 1.165) is 76.5 Å². The molecule has 1 aliphatic carbocycles. The summed E-state index contributed by atoms with van der Waals surface area (Å²) in [4.78, 5) is 83.7. The molecule has 422 valence electrons. The van der Waals surface area contributed by atoms with Gasteiger partial charge in [0.15, 0.2) is 0 Å². The van der Waals surface area contributed by atoms with Crippen LogP contribution >= 0.6 is 0 Å². The van der Waals surface area contributed by atoms with Crippen LogP contribution in [-0.4, -0.2) is 144 Å². The number of ketones is 1. The Labute approximate surface area is 437 Å². The zero-order valence-electron chi connectivity index (χ0n) is 44.8. The number of rotatable bonds is 52. The smallest absolute Gasteiger partial charge is 0.306 e. The zero-order valence-corrected chi connectivity index (χ0v) is 44.8. The second kappa shape index (κ2) is 46.4. The van der Waals surface area contributed by atoms with Crippen molar-refractivity contribution in [3.8, 4) is 0 Å². The van der Waals surface area contributed by atoms with Gasteiger partial charge in [-0.1, -0.05) is 96.5 Å². The number of hydrogen-bond donors (Lipinski definition) is 8. The maximum Gasteiger partial charge on any atom is 0.306 e. The fourth-order valence-corrected chi connectivity index (χ4v) is 8.78. The normalized spacial score (nSPS) is 15.2. The van der Waals surface area contributed by atoms with Gasteiger partial charge in [0.05, 0.1) is 58.2 Å². The molecule has 0 bridgehead atoms. The number of Topliss-reactive ketones (excluding diaryl/α,β-unsaturated/α-hetero) is 1. The molecule has 0 radical (unpaired) electrons. The molecule has 0 aromatic heterocycles. The zero-order chi connectivity index (χ0) is 53.6. The summed E-state index contributed by atoms with van der Waals surface area (Å²) in [5, 5.41) is 33.1. The van der Waals surface area contributed by atoms with Crippen LogP contribution in [0.5, 0.6) is 0 Å². The van der Waals surface area contributed by atoms with Crippen LogP contribution in [0, 0.1) is 17.8 Å². The van der Waals surface area contributed by atoms with Crippen LogP contribution in [0.1, 0.15) is 180 Å². The molecule has 9 N–H and O–H groups in total. The molecule has 19 nitrogen and oxygen atoms in total. The SMILES string of the molecule is C=C(COCCOCCNC(=O)COCCOCCNC(=O)CC[C@H](CC(=O)C1CCC(CNC(=O)CCCCCCCCCCCCCCCCCCC(=O)O)CC1)C(=O)O)NCCCC[C@H](NC)C(N)=O. The van der Waals surface area contributed by atoms with Crippen LogP contribution in [-0.2, 0) is 52.5 Å². The van der Waals surface area contributed by atoms with E-state index >= 15 is 0 Å². The van der Waals surface area contributed by atoms with Crippen LogP contribution in [0.3, 0.4) is 0 Å². The second-order valence-corrected chi connectivity index (χ2v) is 19.6. The number of aliphatic carboxylic acids is 2. The lowest BCUT2D eigenvalue weighted by Gasteiger charge is -2.28. The van der Waals surface area contributed by atoms with Crippen molar-refractivity contribution in [2.75, 3.05) is 86.1 Å². The lowest BCUT2D eigenvalue weighted by Crippen LogP contribution is -2.39. The van der Waals surface area contributed by atoms with Crippen LogP contribution in [0.15, 0.2) is 12.3 Å². The van der Waals surface area contributed by atoms with Crippen molar-refractivity contribution in [1.82, 2.24) is 26.6 Å². The molecule has 4 amide bonds. The van der Waals surface area contributed by atoms with Gasteiger partial charge in [0.1, 0.15) is 12.4 Å². The van der Waals surface area contributed by atoms with Gasteiger partial charge >= 0.3 is 11.9 Å². The van der Waals surface area contributed by atoms with Crippen molar-refractivity contribution < 1.29 is 62.7 Å². The monoisotopic (exact) mass is 1040 g/mol. The number of carbonyl (C=O) groups excluding carboxylic acids is 5. The topological polar surface area (TPSA) is 283 Å². The Morgan fingerprint density at radius 2 is 1.03 bits per heavy atom. The standard InChI is InChI=1S/C54H98N6O13/c1-43(57-30-20-19-21-47(56-2)53(55)67)41-72-37-35-71-34-32-59-51(64)42-73-38-36-70-33-31-58-50(63)29-28-46(54(68)69)39-48(61)45-26-24-44(25-27-45)40-60-49(62)22-17-15-13-11-9-7-5-3-4-6-8-10-12-14-16-18-23-52(65)66/h44-47,56-57H,1,3-42H2,2H3,(H2,55,67)(H,58,63)(H,59,64)(H,60,62)(H,65,66)(H,68,69)/t44?,45?,46-,47+/m1/s1. The first-order valence-electron chi connectivity index (χ1n) is 27.8. The highest BCUT2D eigenvalue weighted by molar-refractivity contribution is 5.86. The summed E-state index contributed by atoms with van der Waals surface area (Å²) in [6, 6.07) is -0.314. The van der Waals surface area contributed by atoms with Crippen LogP contribution < -0.4 is 32.3 Å². The summed E-state index contributed by atoms with van der Waals surface area (Å²) in [6.07, 6.45) is 25.0. The molecule has 0 heterocycles.